The smallest absolute Gasteiger partial charge is 0.138 e. The van der Waals surface area contributed by atoms with Crippen LogP contribution in [0.25, 0.3) is 0 Å². The third-order valence-corrected chi connectivity index (χ3v) is 4.11. The van der Waals surface area contributed by atoms with Crippen LogP contribution in [0.1, 0.15) is 30.7 Å². The summed E-state index contributed by atoms with van der Waals surface area (Å²) in [5.41, 5.74) is 1.63. The third-order valence-electron chi connectivity index (χ3n) is 3.62. The van der Waals surface area contributed by atoms with Crippen molar-refractivity contribution < 1.29 is 4.79 Å². The van der Waals surface area contributed by atoms with Gasteiger partial charge in [-0.1, -0.05) is 11.6 Å². The molecule has 1 aromatic rings. The summed E-state index contributed by atoms with van der Waals surface area (Å²) >= 11 is 6.14. The van der Waals surface area contributed by atoms with Crippen LogP contribution >= 0.6 is 11.6 Å². The van der Waals surface area contributed by atoms with Crippen molar-refractivity contribution in [1.82, 2.24) is 15.1 Å². The maximum absolute atomic E-state index is 12.0. The van der Waals surface area contributed by atoms with Gasteiger partial charge in [0.15, 0.2) is 0 Å². The van der Waals surface area contributed by atoms with Crippen LogP contribution in [0.5, 0.6) is 0 Å². The van der Waals surface area contributed by atoms with E-state index in [9.17, 15) is 4.79 Å². The first-order chi connectivity index (χ1) is 8.58. The minimum atomic E-state index is 0.256. The molecule has 5 heteroatoms. The summed E-state index contributed by atoms with van der Waals surface area (Å²) in [7, 11) is 1.84. The highest BCUT2D eigenvalue weighted by molar-refractivity contribution is 6.32. The molecule has 0 aromatic carbocycles. The van der Waals surface area contributed by atoms with Gasteiger partial charge in [0.25, 0.3) is 0 Å². The molecule has 2 rings (SSSR count). The molecular formula is C13H20ClN3O. The van der Waals surface area contributed by atoms with E-state index in [1.54, 1.807) is 4.68 Å². The van der Waals surface area contributed by atoms with Crippen LogP contribution in [0, 0.1) is 12.8 Å². The maximum atomic E-state index is 12.0. The average Bonchev–Trinajstić information content (AvgIpc) is 2.92. The van der Waals surface area contributed by atoms with Gasteiger partial charge in [-0.2, -0.15) is 5.10 Å². The minimum absolute atomic E-state index is 0.256. The number of hydrogen-bond donors (Lipinski definition) is 1. The predicted octanol–water partition coefficient (Wildman–Crippen LogP) is 1.88. The number of aromatic nitrogens is 2. The SMILES string of the molecule is Cc1nn(C)c(CC(=O)CCC2CCNC2)c1Cl. The Hall–Kier alpha value is -0.870. The van der Waals surface area contributed by atoms with Crippen LogP contribution < -0.4 is 5.32 Å². The zero-order valence-electron chi connectivity index (χ0n) is 11.0. The van der Waals surface area contributed by atoms with Crippen molar-refractivity contribution >= 4 is 17.4 Å². The van der Waals surface area contributed by atoms with E-state index in [0.29, 0.717) is 23.8 Å². The number of nitrogens with zero attached hydrogens (tertiary/aromatic N) is 2. The third kappa shape index (κ3) is 3.12. The number of halogens is 1. The van der Waals surface area contributed by atoms with E-state index < -0.39 is 0 Å². The Morgan fingerprint density at radius 1 is 1.61 bits per heavy atom. The highest BCUT2D eigenvalue weighted by Gasteiger charge is 2.18. The van der Waals surface area contributed by atoms with Gasteiger partial charge in [-0.25, -0.2) is 0 Å². The van der Waals surface area contributed by atoms with Crippen LogP contribution in [-0.4, -0.2) is 28.7 Å². The molecule has 1 saturated heterocycles. The highest BCUT2D eigenvalue weighted by Crippen LogP contribution is 2.21. The van der Waals surface area contributed by atoms with Crippen LogP contribution in [0.3, 0.4) is 0 Å². The quantitative estimate of drug-likeness (QED) is 0.888. The number of carbonyl (C=O) groups excluding carboxylic acids is 1. The molecule has 0 saturated carbocycles. The lowest BCUT2D eigenvalue weighted by Crippen LogP contribution is -2.12. The summed E-state index contributed by atoms with van der Waals surface area (Å²) in [5, 5.41) is 8.18. The first kappa shape index (κ1) is 13.6. The minimum Gasteiger partial charge on any atom is -0.316 e. The molecule has 1 fully saturated rings. The largest absolute Gasteiger partial charge is 0.316 e. The summed E-state index contributed by atoms with van der Waals surface area (Å²) in [4.78, 5) is 12.0. The lowest BCUT2D eigenvalue weighted by atomic mass is 9.99. The molecule has 1 atom stereocenters. The number of rotatable bonds is 5. The number of aryl methyl sites for hydroxylation is 2. The molecule has 2 heterocycles. The Morgan fingerprint density at radius 2 is 2.39 bits per heavy atom. The predicted molar refractivity (Wildman–Crippen MR) is 71.9 cm³/mol. The van der Waals surface area contributed by atoms with Crippen molar-refractivity contribution in [2.75, 3.05) is 13.1 Å². The number of ketones is 1. The standard InChI is InChI=1S/C13H20ClN3O/c1-9-13(14)12(17(2)16-9)7-11(18)4-3-10-5-6-15-8-10/h10,15H,3-8H2,1-2H3. The maximum Gasteiger partial charge on any atom is 0.138 e. The van der Waals surface area contributed by atoms with E-state index in [1.165, 1.54) is 6.42 Å². The molecule has 1 aliphatic rings. The lowest BCUT2D eigenvalue weighted by Gasteiger charge is -2.07. The van der Waals surface area contributed by atoms with Gasteiger partial charge in [-0.3, -0.25) is 9.48 Å². The first-order valence-electron chi connectivity index (χ1n) is 6.48. The second-order valence-electron chi connectivity index (χ2n) is 5.08. The fraction of sp³-hybridized carbons (Fsp3) is 0.692. The Kier molecular flexibility index (Phi) is 4.40. The number of nitrogens with one attached hydrogen (secondary N) is 1. The second-order valence-corrected chi connectivity index (χ2v) is 5.46. The van der Waals surface area contributed by atoms with Crippen molar-refractivity contribution in [3.8, 4) is 0 Å². The van der Waals surface area contributed by atoms with Gasteiger partial charge in [0, 0.05) is 19.9 Å². The molecule has 1 aliphatic heterocycles. The molecule has 0 amide bonds. The molecular weight excluding hydrogens is 250 g/mol. The monoisotopic (exact) mass is 269 g/mol. The Balaban J connectivity index is 1.86. The van der Waals surface area contributed by atoms with Crippen LogP contribution in [0.15, 0.2) is 0 Å². The van der Waals surface area contributed by atoms with Crippen LogP contribution in [0.4, 0.5) is 0 Å². The number of hydrogen-bond acceptors (Lipinski definition) is 3. The number of Topliss-reactive ketones (excluding diaryl/α,β-unsaturated/α-hetero) is 1. The van der Waals surface area contributed by atoms with Crippen molar-refractivity contribution in [2.45, 2.75) is 32.6 Å². The van der Waals surface area contributed by atoms with Crippen molar-refractivity contribution in [2.24, 2.45) is 13.0 Å². The fourth-order valence-corrected chi connectivity index (χ4v) is 2.70. The van der Waals surface area contributed by atoms with E-state index in [4.69, 9.17) is 11.6 Å². The lowest BCUT2D eigenvalue weighted by molar-refractivity contribution is -0.118. The molecule has 0 bridgehead atoms. The van der Waals surface area contributed by atoms with E-state index in [1.807, 2.05) is 14.0 Å². The zero-order chi connectivity index (χ0) is 13.1. The van der Waals surface area contributed by atoms with Crippen molar-refractivity contribution in [3.63, 3.8) is 0 Å². The Morgan fingerprint density at radius 3 is 2.94 bits per heavy atom. The van der Waals surface area contributed by atoms with Gasteiger partial charge in [-0.05, 0) is 38.8 Å². The van der Waals surface area contributed by atoms with Crippen LogP contribution in [0.2, 0.25) is 5.02 Å². The number of carbonyl (C=O) groups is 1. The molecule has 1 aromatic heterocycles. The summed E-state index contributed by atoms with van der Waals surface area (Å²) < 4.78 is 1.71. The molecule has 18 heavy (non-hydrogen) atoms. The molecule has 1 N–H and O–H groups in total. The molecule has 0 radical (unpaired) electrons. The summed E-state index contributed by atoms with van der Waals surface area (Å²) in [6.07, 6.45) is 3.22. The van der Waals surface area contributed by atoms with Gasteiger partial charge in [0.2, 0.25) is 0 Å². The zero-order valence-corrected chi connectivity index (χ0v) is 11.8. The van der Waals surface area contributed by atoms with E-state index in [-0.39, 0.29) is 5.78 Å². The van der Waals surface area contributed by atoms with Gasteiger partial charge >= 0.3 is 0 Å². The summed E-state index contributed by atoms with van der Waals surface area (Å²) in [5.74, 6) is 0.921. The van der Waals surface area contributed by atoms with E-state index >= 15 is 0 Å². The van der Waals surface area contributed by atoms with E-state index in [0.717, 1.165) is 30.9 Å². The van der Waals surface area contributed by atoms with Gasteiger partial charge in [-0.15, -0.1) is 0 Å². The summed E-state index contributed by atoms with van der Waals surface area (Å²) in [6.45, 7) is 4.00. The normalized spacial score (nSPS) is 19.4. The van der Waals surface area contributed by atoms with Gasteiger partial charge < -0.3 is 5.32 Å². The first-order valence-corrected chi connectivity index (χ1v) is 6.86. The molecule has 0 aliphatic carbocycles. The fourth-order valence-electron chi connectivity index (χ4n) is 2.47. The van der Waals surface area contributed by atoms with Gasteiger partial charge in [0.1, 0.15) is 5.78 Å². The van der Waals surface area contributed by atoms with Crippen LogP contribution in [-0.2, 0) is 18.3 Å². The topological polar surface area (TPSA) is 46.9 Å². The average molecular weight is 270 g/mol. The van der Waals surface area contributed by atoms with E-state index in [2.05, 4.69) is 10.4 Å². The van der Waals surface area contributed by atoms with Crippen molar-refractivity contribution in [1.29, 1.82) is 0 Å². The molecule has 1 unspecified atom stereocenters. The molecule has 100 valence electrons. The molecule has 0 spiro atoms. The second kappa shape index (κ2) is 5.85. The Bertz CT molecular complexity index is 436. The highest BCUT2D eigenvalue weighted by atomic mass is 35.5. The Labute approximate surface area is 113 Å². The van der Waals surface area contributed by atoms with Crippen molar-refractivity contribution in [3.05, 3.63) is 16.4 Å². The van der Waals surface area contributed by atoms with Gasteiger partial charge in [0.05, 0.1) is 16.4 Å². The molecule has 4 nitrogen and oxygen atoms in total. The summed E-state index contributed by atoms with van der Waals surface area (Å²) in [6, 6.07) is 0.